The average molecular weight is 544 g/mol. The second-order valence-corrected chi connectivity index (χ2v) is 10.0. The van der Waals surface area contributed by atoms with E-state index in [2.05, 4.69) is 5.32 Å². The summed E-state index contributed by atoms with van der Waals surface area (Å²) in [5.74, 6) is -1.78. The van der Waals surface area contributed by atoms with Crippen LogP contribution in [0, 0.1) is 10.1 Å². The van der Waals surface area contributed by atoms with Crippen LogP contribution in [0.3, 0.4) is 0 Å². The highest BCUT2D eigenvalue weighted by Gasteiger charge is 2.63. The highest BCUT2D eigenvalue weighted by atomic mass is 32.2. The van der Waals surface area contributed by atoms with Crippen LogP contribution in [-0.2, 0) is 35.3 Å². The van der Waals surface area contributed by atoms with Crippen LogP contribution in [0.2, 0.25) is 0 Å². The maximum atomic E-state index is 13.2. The summed E-state index contributed by atoms with van der Waals surface area (Å²) in [6.45, 7) is 2.24. The molecule has 4 atom stereocenters. The Labute approximate surface area is 221 Å². The lowest BCUT2D eigenvalue weighted by molar-refractivity contribution is -0.384. The number of nitrogens with one attached hydrogen (secondary N) is 1. The number of benzene rings is 2. The van der Waals surface area contributed by atoms with Crippen LogP contribution in [-0.4, -0.2) is 69.0 Å². The molecule has 2 aromatic rings. The zero-order chi connectivity index (χ0) is 27.4. The van der Waals surface area contributed by atoms with Gasteiger partial charge in [0.25, 0.3) is 11.6 Å². The number of rotatable bonds is 9. The summed E-state index contributed by atoms with van der Waals surface area (Å²) < 4.78 is 16.3. The minimum atomic E-state index is -1.37. The molecule has 0 saturated carbocycles. The third kappa shape index (κ3) is 5.72. The number of hydrogen-bond donors (Lipinski definition) is 1. The first-order valence-corrected chi connectivity index (χ1v) is 12.6. The molecule has 2 aliphatic rings. The second-order valence-electron chi connectivity index (χ2n) is 8.93. The van der Waals surface area contributed by atoms with Gasteiger partial charge in [0, 0.05) is 24.8 Å². The van der Waals surface area contributed by atoms with Crippen molar-refractivity contribution in [2.75, 3.05) is 12.4 Å². The van der Waals surface area contributed by atoms with Crippen LogP contribution < -0.4 is 10.1 Å². The Hall–Kier alpha value is -4.13. The predicted octanol–water partition coefficient (Wildman–Crippen LogP) is 1.81. The Morgan fingerprint density at radius 2 is 1.84 bits per heavy atom. The molecule has 2 saturated heterocycles. The first-order valence-electron chi connectivity index (χ1n) is 11.6. The van der Waals surface area contributed by atoms with Gasteiger partial charge in [0.1, 0.15) is 29.4 Å². The zero-order valence-corrected chi connectivity index (χ0v) is 21.3. The number of carbonyl (C=O) groups is 4. The number of nitro benzene ring substituents is 1. The molecule has 2 aromatic carbocycles. The van der Waals surface area contributed by atoms with Crippen LogP contribution >= 0.6 is 11.8 Å². The fourth-order valence-electron chi connectivity index (χ4n) is 4.30. The summed E-state index contributed by atoms with van der Waals surface area (Å²) in [7, 11) is 0. The number of carbonyl (C=O) groups excluding carboxylic acids is 4. The van der Waals surface area contributed by atoms with E-state index in [1.54, 1.807) is 31.2 Å². The van der Waals surface area contributed by atoms with Crippen molar-refractivity contribution in [3.63, 3.8) is 0 Å². The molecule has 0 bridgehead atoms. The van der Waals surface area contributed by atoms with Gasteiger partial charge in [-0.05, 0) is 36.8 Å². The molecule has 2 fully saturated rings. The Morgan fingerprint density at radius 3 is 2.47 bits per heavy atom. The number of non-ortho nitro benzene ring substituents is 1. The van der Waals surface area contributed by atoms with Crippen LogP contribution in [0.4, 0.5) is 5.69 Å². The highest BCUT2D eigenvalue weighted by molar-refractivity contribution is 8.00. The summed E-state index contributed by atoms with van der Waals surface area (Å²) in [5.41, 5.74) is -0.984. The molecule has 200 valence electrons. The minimum Gasteiger partial charge on any atom is -0.484 e. The molecule has 4 rings (SSSR count). The average Bonchev–Trinajstić information content (AvgIpc) is 2.89. The number of nitro groups is 1. The SMILES string of the molecule is CC(=O)OC1(C)CS[C@@H]2[C@@H](NC(=O)COc3ccccc3)C(=O)N2C1C(=O)OCc1ccc([N+](=O)[O-])cc1. The van der Waals surface area contributed by atoms with Crippen molar-refractivity contribution in [2.45, 2.75) is 43.5 Å². The summed E-state index contributed by atoms with van der Waals surface area (Å²) in [6.07, 6.45) is 0. The first-order chi connectivity index (χ1) is 18.1. The van der Waals surface area contributed by atoms with E-state index >= 15 is 0 Å². The number of nitrogens with zero attached hydrogens (tertiary/aromatic N) is 2. The van der Waals surface area contributed by atoms with E-state index in [0.717, 1.165) is 0 Å². The molecule has 38 heavy (non-hydrogen) atoms. The van der Waals surface area contributed by atoms with Crippen LogP contribution in [0.1, 0.15) is 19.4 Å². The molecule has 0 spiro atoms. The lowest BCUT2D eigenvalue weighted by Gasteiger charge is -2.56. The maximum Gasteiger partial charge on any atom is 0.333 e. The fraction of sp³-hybridized carbons (Fsp3) is 0.360. The standard InChI is InChI=1S/C25H25N3O9S/c1-15(29)37-25(2)14-38-23-20(26-19(30)13-35-18-6-4-3-5-7-18)22(31)27(23)21(25)24(32)36-12-16-8-10-17(11-9-16)28(33)34/h3-11,20-21,23H,12-14H2,1-2H3,(H,26,30)/t20-,21?,23+,25?/m0/s1. The Morgan fingerprint density at radius 1 is 1.16 bits per heavy atom. The normalized spacial score (nSPS) is 23.9. The van der Waals surface area contributed by atoms with Crippen molar-refractivity contribution < 1.29 is 38.3 Å². The molecule has 2 aliphatic heterocycles. The van der Waals surface area contributed by atoms with Gasteiger partial charge < -0.3 is 24.4 Å². The number of thioether (sulfide) groups is 1. The molecular formula is C25H25N3O9S. The van der Waals surface area contributed by atoms with Crippen LogP contribution in [0.25, 0.3) is 0 Å². The van der Waals surface area contributed by atoms with Crippen molar-refractivity contribution in [1.82, 2.24) is 10.2 Å². The van der Waals surface area contributed by atoms with Gasteiger partial charge in [-0.1, -0.05) is 18.2 Å². The predicted molar refractivity (Wildman–Crippen MR) is 134 cm³/mol. The van der Waals surface area contributed by atoms with Crippen molar-refractivity contribution in [1.29, 1.82) is 0 Å². The lowest BCUT2D eigenvalue weighted by atomic mass is 9.90. The number of esters is 2. The quantitative estimate of drug-likeness (QED) is 0.214. The van der Waals surface area contributed by atoms with Crippen molar-refractivity contribution in [2.24, 2.45) is 0 Å². The zero-order valence-electron chi connectivity index (χ0n) is 20.5. The van der Waals surface area contributed by atoms with E-state index in [1.807, 2.05) is 6.07 Å². The van der Waals surface area contributed by atoms with Gasteiger partial charge in [-0.3, -0.25) is 24.5 Å². The van der Waals surface area contributed by atoms with E-state index in [9.17, 15) is 29.3 Å². The van der Waals surface area contributed by atoms with Crippen molar-refractivity contribution in [3.05, 3.63) is 70.3 Å². The molecule has 12 nitrogen and oxygen atoms in total. The topological polar surface area (TPSA) is 154 Å². The van der Waals surface area contributed by atoms with Gasteiger partial charge in [-0.25, -0.2) is 4.79 Å². The smallest absolute Gasteiger partial charge is 0.333 e. The lowest BCUT2D eigenvalue weighted by Crippen LogP contribution is -2.79. The van der Waals surface area contributed by atoms with Crippen molar-refractivity contribution >= 4 is 41.2 Å². The van der Waals surface area contributed by atoms with E-state index < -0.39 is 51.7 Å². The molecule has 2 unspecified atom stereocenters. The van der Waals surface area contributed by atoms with Gasteiger partial charge in [0.05, 0.1) is 4.92 Å². The number of hydrogen-bond acceptors (Lipinski definition) is 10. The van der Waals surface area contributed by atoms with E-state index in [1.165, 1.54) is 47.9 Å². The van der Waals surface area contributed by atoms with Gasteiger partial charge in [0.15, 0.2) is 12.6 Å². The third-order valence-electron chi connectivity index (χ3n) is 6.04. The molecular weight excluding hydrogens is 518 g/mol. The number of ether oxygens (including phenoxy) is 3. The molecule has 13 heteroatoms. The van der Waals surface area contributed by atoms with Crippen LogP contribution in [0.15, 0.2) is 54.6 Å². The summed E-state index contributed by atoms with van der Waals surface area (Å²) in [5, 5.41) is 12.9. The van der Waals surface area contributed by atoms with Gasteiger partial charge in [-0.15, -0.1) is 11.8 Å². The molecule has 2 heterocycles. The molecule has 1 N–H and O–H groups in total. The molecule has 0 aromatic heterocycles. The van der Waals surface area contributed by atoms with E-state index in [0.29, 0.717) is 11.3 Å². The molecule has 0 aliphatic carbocycles. The van der Waals surface area contributed by atoms with Gasteiger partial charge in [-0.2, -0.15) is 0 Å². The third-order valence-corrected chi connectivity index (χ3v) is 7.62. The number of amides is 2. The van der Waals surface area contributed by atoms with Gasteiger partial charge >= 0.3 is 11.9 Å². The van der Waals surface area contributed by atoms with Crippen molar-refractivity contribution in [3.8, 4) is 5.75 Å². The number of fused-ring (bicyclic) bond motifs is 1. The summed E-state index contributed by atoms with van der Waals surface area (Å²) in [4.78, 5) is 62.2. The maximum absolute atomic E-state index is 13.2. The monoisotopic (exact) mass is 543 g/mol. The first kappa shape index (κ1) is 26.9. The molecule has 0 radical (unpaired) electrons. The fourth-order valence-corrected chi connectivity index (χ4v) is 5.78. The molecule has 2 amide bonds. The van der Waals surface area contributed by atoms with E-state index in [-0.39, 0.29) is 24.7 Å². The number of β-lactam (4-membered cyclic amide) rings is 1. The van der Waals surface area contributed by atoms with Gasteiger partial charge in [0.2, 0.25) is 5.91 Å². The summed E-state index contributed by atoms with van der Waals surface area (Å²) in [6, 6.07) is 12.1. The summed E-state index contributed by atoms with van der Waals surface area (Å²) >= 11 is 1.27. The minimum absolute atomic E-state index is 0.108. The Balaban J connectivity index is 1.43. The van der Waals surface area contributed by atoms with Crippen LogP contribution in [0.5, 0.6) is 5.75 Å². The largest absolute Gasteiger partial charge is 0.484 e. The Bertz CT molecular complexity index is 1240. The Kier molecular flexibility index (Phi) is 7.86. The van der Waals surface area contributed by atoms with E-state index in [4.69, 9.17) is 14.2 Å². The number of para-hydroxylation sites is 1. The highest BCUT2D eigenvalue weighted by Crippen LogP contribution is 2.44. The second kappa shape index (κ2) is 11.1.